The number of rotatable bonds is 5. The van der Waals surface area contributed by atoms with E-state index < -0.39 is 0 Å². The number of nitrogens with zero attached hydrogens (tertiary/aromatic N) is 1. The van der Waals surface area contributed by atoms with Crippen LogP contribution in [0.4, 0.5) is 5.13 Å². The molecule has 4 aromatic rings. The molecule has 29 heavy (non-hydrogen) atoms. The molecule has 0 atom stereocenters. The van der Waals surface area contributed by atoms with E-state index in [0.29, 0.717) is 10.9 Å². The number of para-hydroxylation sites is 1. The highest BCUT2D eigenvalue weighted by atomic mass is 32.1. The van der Waals surface area contributed by atoms with Gasteiger partial charge in [0.2, 0.25) is 0 Å². The summed E-state index contributed by atoms with van der Waals surface area (Å²) < 4.78 is 5.48. The molecule has 0 spiro atoms. The van der Waals surface area contributed by atoms with Crippen molar-refractivity contribution >= 4 is 22.4 Å². The third-order valence-electron chi connectivity index (χ3n) is 4.95. The van der Waals surface area contributed by atoms with Crippen LogP contribution in [0.5, 0.6) is 5.75 Å². The summed E-state index contributed by atoms with van der Waals surface area (Å²) in [4.78, 5) is 16.7. The van der Waals surface area contributed by atoms with Crippen LogP contribution in [0.25, 0.3) is 22.4 Å². The van der Waals surface area contributed by atoms with Gasteiger partial charge in [-0.15, -0.1) is 11.3 Å². The summed E-state index contributed by atoms with van der Waals surface area (Å²) >= 11 is 1.42. The highest BCUT2D eigenvalue weighted by molar-refractivity contribution is 7.14. The molecule has 0 radical (unpaired) electrons. The fourth-order valence-electron chi connectivity index (χ4n) is 3.59. The molecule has 0 aliphatic heterocycles. The number of ether oxygens (including phenoxy) is 1. The number of thiazole rings is 1. The second-order valence-corrected chi connectivity index (χ2v) is 7.75. The fraction of sp³-hybridized carbons (Fsp3) is 0.0833. The number of amides is 1. The molecule has 1 aromatic heterocycles. The maximum Gasteiger partial charge on any atom is 0.264 e. The maximum absolute atomic E-state index is 12.1. The van der Waals surface area contributed by atoms with E-state index in [2.05, 4.69) is 52.8 Å². The summed E-state index contributed by atoms with van der Waals surface area (Å²) in [7, 11) is 0. The third-order valence-corrected chi connectivity index (χ3v) is 5.71. The monoisotopic (exact) mass is 398 g/mol. The van der Waals surface area contributed by atoms with Crippen molar-refractivity contribution < 1.29 is 9.53 Å². The first-order valence-corrected chi connectivity index (χ1v) is 10.3. The Morgan fingerprint density at radius 3 is 2.66 bits per heavy atom. The summed E-state index contributed by atoms with van der Waals surface area (Å²) in [6, 6.07) is 24.3. The molecule has 0 saturated heterocycles. The number of nitrogens with one attached hydrogen (secondary N) is 1. The van der Waals surface area contributed by atoms with E-state index in [1.54, 1.807) is 0 Å². The molecule has 1 heterocycles. The predicted molar refractivity (Wildman–Crippen MR) is 116 cm³/mol. The first kappa shape index (κ1) is 17.6. The maximum atomic E-state index is 12.1. The minimum Gasteiger partial charge on any atom is -0.484 e. The molecule has 3 aromatic carbocycles. The highest BCUT2D eigenvalue weighted by Crippen LogP contribution is 2.38. The Morgan fingerprint density at radius 2 is 1.76 bits per heavy atom. The Morgan fingerprint density at radius 1 is 0.966 bits per heavy atom. The Kier molecular flexibility index (Phi) is 4.58. The van der Waals surface area contributed by atoms with Crippen molar-refractivity contribution in [1.82, 2.24) is 4.98 Å². The van der Waals surface area contributed by atoms with E-state index in [4.69, 9.17) is 4.74 Å². The largest absolute Gasteiger partial charge is 0.484 e. The third kappa shape index (κ3) is 3.65. The van der Waals surface area contributed by atoms with Gasteiger partial charge in [-0.1, -0.05) is 54.6 Å². The van der Waals surface area contributed by atoms with Crippen molar-refractivity contribution in [3.63, 3.8) is 0 Å². The molecule has 0 fully saturated rings. The van der Waals surface area contributed by atoms with E-state index in [0.717, 1.165) is 17.7 Å². The van der Waals surface area contributed by atoms with Crippen LogP contribution in [0.15, 0.2) is 78.2 Å². The zero-order valence-electron chi connectivity index (χ0n) is 15.6. The highest BCUT2D eigenvalue weighted by Gasteiger charge is 2.18. The second-order valence-electron chi connectivity index (χ2n) is 6.89. The van der Waals surface area contributed by atoms with Crippen LogP contribution in [0.2, 0.25) is 0 Å². The first-order chi connectivity index (χ1) is 14.3. The SMILES string of the molecule is O=C(COc1ccccc1)Nc1nc(-c2ccc3c(c2)Cc2ccccc2-3)cs1. The van der Waals surface area contributed by atoms with Gasteiger partial charge >= 0.3 is 0 Å². The second kappa shape index (κ2) is 7.53. The number of carbonyl (C=O) groups is 1. The number of anilines is 1. The summed E-state index contributed by atoms with van der Waals surface area (Å²) in [5.41, 5.74) is 7.23. The summed E-state index contributed by atoms with van der Waals surface area (Å²) in [6.07, 6.45) is 0.948. The van der Waals surface area contributed by atoms with Gasteiger partial charge in [-0.05, 0) is 46.9 Å². The molecule has 1 N–H and O–H groups in total. The van der Waals surface area contributed by atoms with Crippen LogP contribution < -0.4 is 10.1 Å². The Balaban J connectivity index is 1.27. The van der Waals surface area contributed by atoms with E-state index in [9.17, 15) is 4.79 Å². The van der Waals surface area contributed by atoms with E-state index >= 15 is 0 Å². The number of benzene rings is 3. The van der Waals surface area contributed by atoms with Gasteiger partial charge in [0.05, 0.1) is 5.69 Å². The van der Waals surface area contributed by atoms with Gasteiger partial charge in [-0.3, -0.25) is 10.1 Å². The van der Waals surface area contributed by atoms with Crippen LogP contribution in [0, 0.1) is 0 Å². The molecule has 5 rings (SSSR count). The molecular weight excluding hydrogens is 380 g/mol. The van der Waals surface area contributed by atoms with Crippen molar-refractivity contribution in [2.45, 2.75) is 6.42 Å². The van der Waals surface area contributed by atoms with Gasteiger partial charge in [0.25, 0.3) is 5.91 Å². The zero-order chi connectivity index (χ0) is 19.6. The molecule has 0 bridgehead atoms. The van der Waals surface area contributed by atoms with E-state index in [1.165, 1.54) is 33.6 Å². The van der Waals surface area contributed by atoms with Gasteiger partial charge in [0.15, 0.2) is 11.7 Å². The van der Waals surface area contributed by atoms with Crippen molar-refractivity contribution in [1.29, 1.82) is 0 Å². The smallest absolute Gasteiger partial charge is 0.264 e. The van der Waals surface area contributed by atoms with Crippen molar-refractivity contribution in [3.8, 4) is 28.1 Å². The van der Waals surface area contributed by atoms with Gasteiger partial charge in [0.1, 0.15) is 5.75 Å². The normalized spacial score (nSPS) is 11.6. The minimum absolute atomic E-state index is 0.0456. The lowest BCUT2D eigenvalue weighted by Crippen LogP contribution is -2.19. The van der Waals surface area contributed by atoms with Gasteiger partial charge in [-0.2, -0.15) is 0 Å². The topological polar surface area (TPSA) is 51.2 Å². The quantitative estimate of drug-likeness (QED) is 0.431. The van der Waals surface area contributed by atoms with Crippen LogP contribution in [0.1, 0.15) is 11.1 Å². The first-order valence-electron chi connectivity index (χ1n) is 9.41. The van der Waals surface area contributed by atoms with Gasteiger partial charge in [-0.25, -0.2) is 4.98 Å². The predicted octanol–water partition coefficient (Wildman–Crippen LogP) is 5.40. The molecule has 1 aliphatic rings. The van der Waals surface area contributed by atoms with E-state index in [-0.39, 0.29) is 12.5 Å². The summed E-state index contributed by atoms with van der Waals surface area (Å²) in [5, 5.41) is 5.36. The van der Waals surface area contributed by atoms with Crippen LogP contribution in [-0.2, 0) is 11.2 Å². The van der Waals surface area contributed by atoms with Crippen LogP contribution in [-0.4, -0.2) is 17.5 Å². The Hall–Kier alpha value is -3.44. The zero-order valence-corrected chi connectivity index (χ0v) is 16.4. The summed E-state index contributed by atoms with van der Waals surface area (Å²) in [5.74, 6) is 0.445. The lowest BCUT2D eigenvalue weighted by Gasteiger charge is -2.05. The average Bonchev–Trinajstić information content (AvgIpc) is 3.37. The van der Waals surface area contributed by atoms with Crippen molar-refractivity contribution in [2.24, 2.45) is 0 Å². The molecule has 1 amide bonds. The lowest BCUT2D eigenvalue weighted by molar-refractivity contribution is -0.118. The lowest BCUT2D eigenvalue weighted by atomic mass is 10.0. The molecule has 1 aliphatic carbocycles. The minimum atomic E-state index is -0.223. The van der Waals surface area contributed by atoms with Crippen molar-refractivity contribution in [3.05, 3.63) is 89.3 Å². The van der Waals surface area contributed by atoms with Crippen LogP contribution >= 0.6 is 11.3 Å². The Labute approximate surface area is 172 Å². The molecule has 142 valence electrons. The molecule has 0 unspecified atom stereocenters. The Bertz CT molecular complexity index is 1180. The molecule has 5 heteroatoms. The van der Waals surface area contributed by atoms with E-state index in [1.807, 2.05) is 35.7 Å². The van der Waals surface area contributed by atoms with Crippen LogP contribution in [0.3, 0.4) is 0 Å². The fourth-order valence-corrected chi connectivity index (χ4v) is 4.33. The number of aromatic nitrogens is 1. The standard InChI is InChI=1S/C24H18N2O2S/c27-23(14-28-19-7-2-1-3-8-19)26-24-25-22(15-29-24)17-10-11-21-18(13-17)12-16-6-4-5-9-20(16)21/h1-11,13,15H,12,14H2,(H,25,26,27). The van der Waals surface area contributed by atoms with Gasteiger partial charge < -0.3 is 4.74 Å². The number of hydrogen-bond acceptors (Lipinski definition) is 4. The summed E-state index contributed by atoms with van der Waals surface area (Å²) in [6.45, 7) is -0.0456. The molecule has 4 nitrogen and oxygen atoms in total. The molecular formula is C24H18N2O2S. The van der Waals surface area contributed by atoms with Gasteiger partial charge in [0, 0.05) is 10.9 Å². The number of carbonyl (C=O) groups excluding carboxylic acids is 1. The molecule has 0 saturated carbocycles. The van der Waals surface area contributed by atoms with Crippen molar-refractivity contribution in [2.75, 3.05) is 11.9 Å². The number of hydrogen-bond donors (Lipinski definition) is 1. The number of fused-ring (bicyclic) bond motifs is 3. The average molecular weight is 398 g/mol.